The summed E-state index contributed by atoms with van der Waals surface area (Å²) in [5.74, 6) is 0.820. The van der Waals surface area contributed by atoms with Crippen LogP contribution in [0, 0.1) is 0 Å². The van der Waals surface area contributed by atoms with Crippen LogP contribution < -0.4 is 20.7 Å². The van der Waals surface area contributed by atoms with E-state index in [1.807, 2.05) is 0 Å². The summed E-state index contributed by atoms with van der Waals surface area (Å²) in [6, 6.07) is 4.00. The summed E-state index contributed by atoms with van der Waals surface area (Å²) in [4.78, 5) is 14.4. The van der Waals surface area contributed by atoms with Gasteiger partial charge in [0.15, 0.2) is 0 Å². The highest BCUT2D eigenvalue weighted by Crippen LogP contribution is 2.34. The topological polar surface area (TPSA) is 96.5 Å². The molecule has 0 aliphatic carbocycles. The van der Waals surface area contributed by atoms with Crippen LogP contribution in [0.3, 0.4) is 0 Å². The van der Waals surface area contributed by atoms with Crippen LogP contribution in [-0.4, -0.2) is 18.0 Å². The summed E-state index contributed by atoms with van der Waals surface area (Å²) in [5, 5.41) is 0.937. The van der Waals surface area contributed by atoms with Crippen molar-refractivity contribution >= 4 is 22.0 Å². The molecule has 0 bridgehead atoms. The summed E-state index contributed by atoms with van der Waals surface area (Å²) in [6.45, 7) is 5.41. The molecule has 1 aliphatic rings. The molecular weight excluding hydrogens is 318 g/mol. The fraction of sp³-hybridized carbons (Fsp3) is 0.0625. The van der Waals surface area contributed by atoms with Crippen molar-refractivity contribution in [1.29, 1.82) is 0 Å². The zero-order valence-electron chi connectivity index (χ0n) is 12.2. The van der Waals surface area contributed by atoms with Crippen LogP contribution in [0.5, 0.6) is 5.75 Å². The van der Waals surface area contributed by atoms with Crippen molar-refractivity contribution in [3.63, 3.8) is 0 Å². The molecule has 6 nitrogen and oxygen atoms in total. The number of hydrogen-bond donors (Lipinski definition) is 2. The van der Waals surface area contributed by atoms with E-state index in [2.05, 4.69) is 11.6 Å². The van der Waals surface area contributed by atoms with E-state index in [-0.39, 0.29) is 10.5 Å². The maximum atomic E-state index is 12.0. The van der Waals surface area contributed by atoms with Crippen molar-refractivity contribution in [3.8, 4) is 16.9 Å². The monoisotopic (exact) mass is 331 g/mol. The van der Waals surface area contributed by atoms with E-state index in [1.54, 1.807) is 13.0 Å². The molecule has 0 atom stereocenters. The zero-order chi connectivity index (χ0) is 16.8. The molecule has 0 amide bonds. The van der Waals surface area contributed by atoms with Gasteiger partial charge in [0.05, 0.1) is 4.90 Å². The lowest BCUT2D eigenvalue weighted by molar-refractivity contribution is 0.482. The number of aromatic amines is 1. The highest BCUT2D eigenvalue weighted by molar-refractivity contribution is 7.85. The summed E-state index contributed by atoms with van der Waals surface area (Å²) < 4.78 is 37.7. The van der Waals surface area contributed by atoms with E-state index in [0.29, 0.717) is 33.1 Å². The van der Waals surface area contributed by atoms with Gasteiger partial charge in [0.2, 0.25) is 0 Å². The number of benzene rings is 1. The van der Waals surface area contributed by atoms with Gasteiger partial charge >= 0.3 is 0 Å². The number of fused-ring (bicyclic) bond motifs is 3. The number of rotatable bonds is 2. The Hall–Kier alpha value is -2.64. The average Bonchev–Trinajstić information content (AvgIpc) is 2.52. The molecular formula is C16H13NO5S. The molecule has 0 radical (unpaired) electrons. The molecule has 2 N–H and O–H groups in total. The minimum absolute atomic E-state index is 0.249. The van der Waals surface area contributed by atoms with Crippen LogP contribution >= 0.6 is 0 Å². The van der Waals surface area contributed by atoms with Crippen molar-refractivity contribution in [1.82, 2.24) is 4.98 Å². The third-order valence-corrected chi connectivity index (χ3v) is 4.46. The molecule has 118 valence electrons. The van der Waals surface area contributed by atoms with E-state index >= 15 is 0 Å². The lowest BCUT2D eigenvalue weighted by Gasteiger charge is -2.19. The fourth-order valence-electron chi connectivity index (χ4n) is 2.58. The molecule has 0 spiro atoms. The summed E-state index contributed by atoms with van der Waals surface area (Å²) >= 11 is 0. The Morgan fingerprint density at radius 3 is 2.65 bits per heavy atom. The summed E-state index contributed by atoms with van der Waals surface area (Å²) in [5.41, 5.74) is 0.767. The highest BCUT2D eigenvalue weighted by atomic mass is 32.2. The van der Waals surface area contributed by atoms with Gasteiger partial charge in [-0.15, -0.1) is 0 Å². The molecule has 0 saturated heterocycles. The summed E-state index contributed by atoms with van der Waals surface area (Å²) in [6.07, 6.45) is 4.62. The second kappa shape index (κ2) is 5.22. The van der Waals surface area contributed by atoms with E-state index < -0.39 is 10.1 Å². The molecule has 1 aromatic heterocycles. The quantitative estimate of drug-likeness (QED) is 0.793. The van der Waals surface area contributed by atoms with E-state index in [1.165, 1.54) is 30.5 Å². The van der Waals surface area contributed by atoms with Gasteiger partial charge in [0.1, 0.15) is 11.5 Å². The Morgan fingerprint density at radius 2 is 2.04 bits per heavy atom. The number of pyridine rings is 1. The van der Waals surface area contributed by atoms with Gasteiger partial charge in [-0.1, -0.05) is 12.7 Å². The first-order valence-corrected chi connectivity index (χ1v) is 8.15. The lowest BCUT2D eigenvalue weighted by Crippen LogP contribution is -2.44. The van der Waals surface area contributed by atoms with E-state index in [0.717, 1.165) is 0 Å². The second-order valence-corrected chi connectivity index (χ2v) is 6.33. The van der Waals surface area contributed by atoms with Crippen LogP contribution in [-0.2, 0) is 10.1 Å². The van der Waals surface area contributed by atoms with Gasteiger partial charge < -0.3 is 9.72 Å². The molecule has 0 saturated carbocycles. The van der Waals surface area contributed by atoms with Crippen molar-refractivity contribution in [2.45, 2.75) is 11.8 Å². The molecule has 1 aliphatic heterocycles. The molecule has 7 heteroatoms. The van der Waals surface area contributed by atoms with Crippen molar-refractivity contribution in [2.24, 2.45) is 0 Å². The average molecular weight is 331 g/mol. The predicted molar refractivity (Wildman–Crippen MR) is 85.9 cm³/mol. The molecule has 1 aromatic carbocycles. The number of ether oxygens (including phenoxy) is 1. The smallest absolute Gasteiger partial charge is 0.294 e. The Kier molecular flexibility index (Phi) is 3.46. The Labute approximate surface area is 131 Å². The molecule has 0 unspecified atom stereocenters. The number of hydrogen-bond acceptors (Lipinski definition) is 4. The first-order chi connectivity index (χ1) is 10.9. The van der Waals surface area contributed by atoms with Gasteiger partial charge in [-0.2, -0.15) is 8.42 Å². The fourth-order valence-corrected chi connectivity index (χ4v) is 3.09. The Bertz CT molecular complexity index is 1110. The second-order valence-electron chi connectivity index (χ2n) is 4.91. The van der Waals surface area contributed by atoms with Gasteiger partial charge in [0, 0.05) is 27.8 Å². The normalized spacial score (nSPS) is 14.0. The Balaban J connectivity index is 2.50. The van der Waals surface area contributed by atoms with Crippen LogP contribution in [0.15, 0.2) is 46.7 Å². The third kappa shape index (κ3) is 2.39. The molecule has 2 heterocycles. The number of nitrogens with one attached hydrogen (secondary N) is 1. The standard InChI is InChI=1S/C16H13NO5S/c1-3-10-15-12(8-17-16(10)18)11-7-9(23(19,20)21)5-6-14(11)22-13(15)4-2/h3-8H,2H2,1H3,(H,17,18)(H,19,20,21)/b10-3+. The van der Waals surface area contributed by atoms with Crippen molar-refractivity contribution in [3.05, 3.63) is 57.8 Å². The molecule has 23 heavy (non-hydrogen) atoms. The minimum Gasteiger partial charge on any atom is -0.456 e. The number of H-pyrrole nitrogens is 1. The molecule has 3 rings (SSSR count). The van der Waals surface area contributed by atoms with Crippen molar-refractivity contribution < 1.29 is 17.7 Å². The third-order valence-electron chi connectivity index (χ3n) is 3.61. The maximum absolute atomic E-state index is 12.0. The summed E-state index contributed by atoms with van der Waals surface area (Å²) in [7, 11) is -4.34. The van der Waals surface area contributed by atoms with Gasteiger partial charge in [0.25, 0.3) is 15.7 Å². The maximum Gasteiger partial charge on any atom is 0.294 e. The molecule has 2 aromatic rings. The van der Waals surface area contributed by atoms with Gasteiger partial charge in [-0.3, -0.25) is 9.35 Å². The van der Waals surface area contributed by atoms with Crippen LogP contribution in [0.1, 0.15) is 6.92 Å². The van der Waals surface area contributed by atoms with Gasteiger partial charge in [-0.25, -0.2) is 0 Å². The van der Waals surface area contributed by atoms with E-state index in [4.69, 9.17) is 4.74 Å². The van der Waals surface area contributed by atoms with Gasteiger partial charge in [-0.05, 0) is 31.2 Å². The largest absolute Gasteiger partial charge is 0.456 e. The highest BCUT2D eigenvalue weighted by Gasteiger charge is 2.21. The van der Waals surface area contributed by atoms with Crippen LogP contribution in [0.4, 0.5) is 0 Å². The number of aromatic nitrogens is 1. The van der Waals surface area contributed by atoms with E-state index in [9.17, 15) is 17.8 Å². The molecule has 0 fully saturated rings. The zero-order valence-corrected chi connectivity index (χ0v) is 13.0. The SMILES string of the molecule is C=CC1=c2c(c[nH]c(=O)/c2=C/C)-c2cc(S(=O)(=O)O)ccc2O1. The van der Waals surface area contributed by atoms with Crippen molar-refractivity contribution in [2.75, 3.05) is 0 Å². The first-order valence-electron chi connectivity index (χ1n) is 6.71. The van der Waals surface area contributed by atoms with Crippen LogP contribution in [0.25, 0.3) is 23.0 Å². The lowest BCUT2D eigenvalue weighted by atomic mass is 10.00. The first kappa shape index (κ1) is 15.3. The Morgan fingerprint density at radius 1 is 1.30 bits per heavy atom. The van der Waals surface area contributed by atoms with Crippen LogP contribution in [0.2, 0.25) is 0 Å². The predicted octanol–water partition coefficient (Wildman–Crippen LogP) is 0.776. The minimum atomic E-state index is -4.34.